The summed E-state index contributed by atoms with van der Waals surface area (Å²) in [5.41, 5.74) is 1.17. The SMILES string of the molecule is CCc1nc(NC(=O)c2ccc(=O)[nH]c2)sc1C. The second kappa shape index (κ2) is 5.14. The number of nitrogens with zero attached hydrogens (tertiary/aromatic N) is 1. The molecule has 0 saturated carbocycles. The van der Waals surface area contributed by atoms with Crippen molar-refractivity contribution in [3.8, 4) is 0 Å². The Labute approximate surface area is 108 Å². The number of aromatic amines is 1. The lowest BCUT2D eigenvalue weighted by Crippen LogP contribution is -2.14. The number of carbonyl (C=O) groups is 1. The van der Waals surface area contributed by atoms with Gasteiger partial charge in [-0.3, -0.25) is 14.9 Å². The van der Waals surface area contributed by atoms with Crippen LogP contribution in [0.5, 0.6) is 0 Å². The molecule has 0 radical (unpaired) electrons. The standard InChI is InChI=1S/C12H13N3O2S/c1-3-9-7(2)18-12(14-9)15-11(17)8-4-5-10(16)13-6-8/h4-6H,3H2,1-2H3,(H,13,16)(H,14,15,17). The Bertz CT molecular complexity index is 610. The highest BCUT2D eigenvalue weighted by atomic mass is 32.1. The van der Waals surface area contributed by atoms with Gasteiger partial charge in [-0.05, 0) is 19.4 Å². The van der Waals surface area contributed by atoms with Crippen LogP contribution in [-0.2, 0) is 6.42 Å². The van der Waals surface area contributed by atoms with Gasteiger partial charge < -0.3 is 4.98 Å². The van der Waals surface area contributed by atoms with Gasteiger partial charge in [-0.25, -0.2) is 4.98 Å². The maximum atomic E-state index is 11.9. The number of thiazole rings is 1. The van der Waals surface area contributed by atoms with Gasteiger partial charge in [0.15, 0.2) is 5.13 Å². The molecule has 2 N–H and O–H groups in total. The van der Waals surface area contributed by atoms with E-state index in [4.69, 9.17) is 0 Å². The van der Waals surface area contributed by atoms with Gasteiger partial charge in [-0.2, -0.15) is 0 Å². The first-order valence-electron chi connectivity index (χ1n) is 5.56. The van der Waals surface area contributed by atoms with Gasteiger partial charge in [0.25, 0.3) is 5.91 Å². The van der Waals surface area contributed by atoms with Gasteiger partial charge in [0.1, 0.15) is 0 Å². The van der Waals surface area contributed by atoms with E-state index in [9.17, 15) is 9.59 Å². The molecule has 0 aromatic carbocycles. The Morgan fingerprint density at radius 1 is 1.50 bits per heavy atom. The number of hydrogen-bond acceptors (Lipinski definition) is 4. The average molecular weight is 263 g/mol. The van der Waals surface area contributed by atoms with Crippen molar-refractivity contribution in [3.63, 3.8) is 0 Å². The Hall–Kier alpha value is -1.95. The zero-order valence-corrected chi connectivity index (χ0v) is 10.9. The lowest BCUT2D eigenvalue weighted by Gasteiger charge is -2.00. The molecule has 0 bridgehead atoms. The van der Waals surface area contributed by atoms with E-state index in [0.717, 1.165) is 17.0 Å². The predicted molar refractivity (Wildman–Crippen MR) is 71.2 cm³/mol. The van der Waals surface area contributed by atoms with E-state index >= 15 is 0 Å². The van der Waals surface area contributed by atoms with Crippen LogP contribution in [0.4, 0.5) is 5.13 Å². The molecule has 5 nitrogen and oxygen atoms in total. The average Bonchev–Trinajstić information content (AvgIpc) is 2.70. The molecule has 0 spiro atoms. The fourth-order valence-electron chi connectivity index (χ4n) is 1.53. The Kier molecular flexibility index (Phi) is 3.57. The van der Waals surface area contributed by atoms with E-state index < -0.39 is 0 Å². The van der Waals surface area contributed by atoms with Crippen LogP contribution in [0.3, 0.4) is 0 Å². The van der Waals surface area contributed by atoms with E-state index in [1.807, 2.05) is 13.8 Å². The smallest absolute Gasteiger partial charge is 0.258 e. The van der Waals surface area contributed by atoms with Crippen LogP contribution in [-0.4, -0.2) is 15.9 Å². The van der Waals surface area contributed by atoms with Crippen molar-refractivity contribution in [2.45, 2.75) is 20.3 Å². The fraction of sp³-hybridized carbons (Fsp3) is 0.250. The Morgan fingerprint density at radius 3 is 2.83 bits per heavy atom. The number of H-pyrrole nitrogens is 1. The van der Waals surface area contributed by atoms with Crippen LogP contribution in [0.2, 0.25) is 0 Å². The van der Waals surface area contributed by atoms with Crippen molar-refractivity contribution < 1.29 is 4.79 Å². The molecule has 2 aromatic rings. The molecule has 2 heterocycles. The third kappa shape index (κ3) is 2.65. The molecule has 0 aliphatic carbocycles. The molecule has 1 amide bonds. The van der Waals surface area contributed by atoms with Crippen molar-refractivity contribution >= 4 is 22.4 Å². The summed E-state index contributed by atoms with van der Waals surface area (Å²) >= 11 is 1.45. The molecule has 0 atom stereocenters. The van der Waals surface area contributed by atoms with Crippen molar-refractivity contribution in [1.29, 1.82) is 0 Å². The first kappa shape index (κ1) is 12.5. The minimum atomic E-state index is -0.275. The predicted octanol–water partition coefficient (Wildman–Crippen LogP) is 1.95. The minimum Gasteiger partial charge on any atom is -0.328 e. The highest BCUT2D eigenvalue weighted by Gasteiger charge is 2.10. The Balaban J connectivity index is 2.15. The number of aryl methyl sites for hydroxylation is 2. The molecular weight excluding hydrogens is 250 g/mol. The molecule has 2 aromatic heterocycles. The van der Waals surface area contributed by atoms with Gasteiger partial charge in [0, 0.05) is 17.1 Å². The normalized spacial score (nSPS) is 10.3. The van der Waals surface area contributed by atoms with E-state index in [-0.39, 0.29) is 11.5 Å². The van der Waals surface area contributed by atoms with Gasteiger partial charge >= 0.3 is 0 Å². The minimum absolute atomic E-state index is 0.232. The highest BCUT2D eigenvalue weighted by Crippen LogP contribution is 2.22. The fourth-order valence-corrected chi connectivity index (χ4v) is 2.43. The van der Waals surface area contributed by atoms with Crippen LogP contribution in [0.25, 0.3) is 0 Å². The number of nitrogens with one attached hydrogen (secondary N) is 2. The third-order valence-corrected chi connectivity index (χ3v) is 3.42. The van der Waals surface area contributed by atoms with Crippen LogP contribution in [0, 0.1) is 6.92 Å². The summed E-state index contributed by atoms with van der Waals surface area (Å²) in [7, 11) is 0. The molecule has 0 saturated heterocycles. The highest BCUT2D eigenvalue weighted by molar-refractivity contribution is 7.15. The van der Waals surface area contributed by atoms with Gasteiger partial charge in [0.05, 0.1) is 11.3 Å². The third-order valence-electron chi connectivity index (χ3n) is 2.49. The maximum Gasteiger partial charge on any atom is 0.258 e. The molecule has 0 unspecified atom stereocenters. The number of rotatable bonds is 3. The molecule has 94 valence electrons. The summed E-state index contributed by atoms with van der Waals surface area (Å²) in [5.74, 6) is -0.275. The monoisotopic (exact) mass is 263 g/mol. The van der Waals surface area contributed by atoms with Crippen LogP contribution in [0.1, 0.15) is 27.9 Å². The molecule has 0 aliphatic rings. The van der Waals surface area contributed by atoms with Crippen molar-refractivity contribution in [2.75, 3.05) is 5.32 Å². The zero-order valence-electron chi connectivity index (χ0n) is 10.1. The zero-order chi connectivity index (χ0) is 13.1. The lowest BCUT2D eigenvalue weighted by molar-refractivity contribution is 0.102. The lowest BCUT2D eigenvalue weighted by atomic mass is 10.3. The van der Waals surface area contributed by atoms with Crippen LogP contribution >= 0.6 is 11.3 Å². The summed E-state index contributed by atoms with van der Waals surface area (Å²) in [6, 6.07) is 2.80. The van der Waals surface area contributed by atoms with Crippen LogP contribution in [0.15, 0.2) is 23.1 Å². The number of aromatic nitrogens is 2. The largest absolute Gasteiger partial charge is 0.328 e. The molecule has 0 aliphatic heterocycles. The second-order valence-electron chi connectivity index (χ2n) is 3.77. The number of pyridine rings is 1. The van der Waals surface area contributed by atoms with Crippen molar-refractivity contribution in [1.82, 2.24) is 9.97 Å². The summed E-state index contributed by atoms with van der Waals surface area (Å²) in [4.78, 5) is 30.7. The number of hydrogen-bond donors (Lipinski definition) is 2. The molecule has 2 rings (SSSR count). The Morgan fingerprint density at radius 2 is 2.28 bits per heavy atom. The van der Waals surface area contributed by atoms with E-state index in [0.29, 0.717) is 10.7 Å². The summed E-state index contributed by atoms with van der Waals surface area (Å²) in [5, 5.41) is 3.30. The van der Waals surface area contributed by atoms with E-state index in [1.54, 1.807) is 0 Å². The van der Waals surface area contributed by atoms with E-state index in [2.05, 4.69) is 15.3 Å². The first-order chi connectivity index (χ1) is 8.60. The quantitative estimate of drug-likeness (QED) is 0.888. The number of anilines is 1. The summed E-state index contributed by atoms with van der Waals surface area (Å²) in [6.07, 6.45) is 2.23. The van der Waals surface area contributed by atoms with Gasteiger partial charge in [-0.15, -0.1) is 11.3 Å². The summed E-state index contributed by atoms with van der Waals surface area (Å²) < 4.78 is 0. The van der Waals surface area contributed by atoms with E-state index in [1.165, 1.54) is 29.7 Å². The van der Waals surface area contributed by atoms with Gasteiger partial charge in [0.2, 0.25) is 5.56 Å². The molecular formula is C12H13N3O2S. The van der Waals surface area contributed by atoms with Crippen molar-refractivity contribution in [2.24, 2.45) is 0 Å². The molecule has 6 heteroatoms. The topological polar surface area (TPSA) is 74.8 Å². The second-order valence-corrected chi connectivity index (χ2v) is 4.97. The van der Waals surface area contributed by atoms with Crippen LogP contribution < -0.4 is 10.9 Å². The number of amides is 1. The summed E-state index contributed by atoms with van der Waals surface area (Å²) in [6.45, 7) is 4.00. The first-order valence-corrected chi connectivity index (χ1v) is 6.38. The molecule has 0 fully saturated rings. The van der Waals surface area contributed by atoms with Crippen molar-refractivity contribution in [3.05, 3.63) is 44.8 Å². The van der Waals surface area contributed by atoms with Gasteiger partial charge in [-0.1, -0.05) is 6.92 Å². The number of carbonyl (C=O) groups excluding carboxylic acids is 1. The molecule has 18 heavy (non-hydrogen) atoms. The maximum absolute atomic E-state index is 11.9.